The molecule has 7 heteroatoms. The summed E-state index contributed by atoms with van der Waals surface area (Å²) in [4.78, 5) is 13.5. The maximum Gasteiger partial charge on any atom is 1.00 e. The molecule has 1 N–H and O–H groups in total. The molecule has 1 aromatic rings. The molecule has 6 nitrogen and oxygen atoms in total. The number of rotatable bonds is 2. The van der Waals surface area contributed by atoms with Crippen LogP contribution in [0.2, 0.25) is 0 Å². The van der Waals surface area contributed by atoms with E-state index < -0.39 is 5.09 Å². The van der Waals surface area contributed by atoms with Gasteiger partial charge in [0.05, 0.1) is 6.26 Å². The minimum absolute atomic E-state index is 0. The zero-order chi connectivity index (χ0) is 6.69. The average molecular weight is 169 g/mol. The molecule has 0 aliphatic rings. The van der Waals surface area contributed by atoms with Crippen molar-refractivity contribution in [2.24, 2.45) is 0 Å². The number of hydrogen-bond acceptors (Lipinski definition) is 5. The third-order valence-electron chi connectivity index (χ3n) is 0.660. The van der Waals surface area contributed by atoms with Gasteiger partial charge < -0.3 is 9.89 Å². The van der Waals surface area contributed by atoms with E-state index in [1.54, 1.807) is 0 Å². The van der Waals surface area contributed by atoms with Gasteiger partial charge in [-0.05, 0) is 6.07 Å². The zero-order valence-electron chi connectivity index (χ0n) is 5.76. The van der Waals surface area contributed by atoms with Crippen molar-refractivity contribution < 1.29 is 49.4 Å². The molecule has 0 aliphatic carbocycles. The maximum absolute atomic E-state index is 9.59. The Kier molecular flexibility index (Phi) is 7.33. The summed E-state index contributed by atoms with van der Waals surface area (Å²) >= 11 is 0. The summed E-state index contributed by atoms with van der Waals surface area (Å²) in [7, 11) is 0. The van der Waals surface area contributed by atoms with Gasteiger partial charge in [0.25, 0.3) is 5.95 Å². The van der Waals surface area contributed by atoms with Crippen molar-refractivity contribution in [3.8, 4) is 5.95 Å². The molecule has 0 aromatic carbocycles. The molecule has 0 atom stereocenters. The molecule has 0 radical (unpaired) electrons. The van der Waals surface area contributed by atoms with Crippen molar-refractivity contribution in [1.82, 2.24) is 0 Å². The van der Waals surface area contributed by atoms with Gasteiger partial charge in [0.2, 0.25) is 0 Å². The molecule has 0 bridgehead atoms. The van der Waals surface area contributed by atoms with Crippen molar-refractivity contribution in [2.45, 2.75) is 0 Å². The van der Waals surface area contributed by atoms with Crippen LogP contribution in [0.5, 0.6) is 5.95 Å². The summed E-state index contributed by atoms with van der Waals surface area (Å²) in [6.45, 7) is 0. The smallest absolute Gasteiger partial charge is 0.870 e. The van der Waals surface area contributed by atoms with Crippen molar-refractivity contribution in [2.75, 3.05) is 0 Å². The Morgan fingerprint density at radius 3 is 2.64 bits per heavy atom. The summed E-state index contributed by atoms with van der Waals surface area (Å²) in [6, 6.07) is 2.85. The number of nitrogens with zero attached hydrogens (tertiary/aromatic N) is 1. The van der Waals surface area contributed by atoms with E-state index >= 15 is 0 Å². The fourth-order valence-electron chi connectivity index (χ4n) is 0.389. The standard InChI is InChI=1S/C4H3NO4.Na.H2O/c6-5(7)9-4-2-1-3-8-4;;/h1-3H;;1H2/q;+1;/p-1. The predicted octanol–water partition coefficient (Wildman–Crippen LogP) is -2.32. The third kappa shape index (κ3) is 4.79. The van der Waals surface area contributed by atoms with Crippen molar-refractivity contribution >= 4 is 0 Å². The van der Waals surface area contributed by atoms with Crippen molar-refractivity contribution in [3.63, 3.8) is 0 Å². The van der Waals surface area contributed by atoms with Gasteiger partial charge in [-0.2, -0.15) is 0 Å². The topological polar surface area (TPSA) is 95.5 Å². The van der Waals surface area contributed by atoms with Crippen LogP contribution in [0.4, 0.5) is 0 Å². The van der Waals surface area contributed by atoms with Crippen molar-refractivity contribution in [3.05, 3.63) is 28.5 Å². The molecule has 0 fully saturated rings. The molecular formula is C4H4NNaO5. The first-order chi connectivity index (χ1) is 4.29. The van der Waals surface area contributed by atoms with Crippen LogP contribution >= 0.6 is 0 Å². The van der Waals surface area contributed by atoms with Crippen LogP contribution < -0.4 is 34.4 Å². The van der Waals surface area contributed by atoms with Crippen LogP contribution in [0.1, 0.15) is 0 Å². The minimum Gasteiger partial charge on any atom is -0.870 e. The normalized spacial score (nSPS) is 7.27. The monoisotopic (exact) mass is 169 g/mol. The van der Waals surface area contributed by atoms with E-state index in [0.29, 0.717) is 0 Å². The molecule has 1 aromatic heterocycles. The van der Waals surface area contributed by atoms with E-state index in [0.717, 1.165) is 0 Å². The summed E-state index contributed by atoms with van der Waals surface area (Å²) in [5.74, 6) is -0.111. The molecule has 0 amide bonds. The van der Waals surface area contributed by atoms with Gasteiger partial charge >= 0.3 is 34.6 Å². The van der Waals surface area contributed by atoms with E-state index in [4.69, 9.17) is 0 Å². The SMILES string of the molecule is O=[N+]([O-])Oc1ccco1.[Na+].[OH-]. The van der Waals surface area contributed by atoms with Gasteiger partial charge in [0.15, 0.2) is 0 Å². The second-order valence-electron chi connectivity index (χ2n) is 1.25. The Morgan fingerprint density at radius 1 is 1.64 bits per heavy atom. The van der Waals surface area contributed by atoms with Gasteiger partial charge in [0.1, 0.15) is 0 Å². The molecule has 0 unspecified atom stereocenters. The molecule has 0 saturated carbocycles. The second-order valence-corrected chi connectivity index (χ2v) is 1.25. The van der Waals surface area contributed by atoms with E-state index in [1.807, 2.05) is 0 Å². The molecule has 56 valence electrons. The first kappa shape index (κ1) is 13.1. The molecule has 0 spiro atoms. The van der Waals surface area contributed by atoms with Crippen LogP contribution in [0.25, 0.3) is 0 Å². The molecule has 11 heavy (non-hydrogen) atoms. The van der Waals surface area contributed by atoms with Crippen LogP contribution in [0.3, 0.4) is 0 Å². The fourth-order valence-corrected chi connectivity index (χ4v) is 0.389. The van der Waals surface area contributed by atoms with E-state index in [1.165, 1.54) is 18.4 Å². The molecule has 0 saturated heterocycles. The zero-order valence-corrected chi connectivity index (χ0v) is 7.76. The van der Waals surface area contributed by atoms with Crippen molar-refractivity contribution in [1.29, 1.82) is 0 Å². The Labute approximate surface area is 83.8 Å². The summed E-state index contributed by atoms with van der Waals surface area (Å²) in [5.41, 5.74) is 0. The Hall–Kier alpha value is -0.560. The van der Waals surface area contributed by atoms with Crippen LogP contribution in [-0.4, -0.2) is 10.6 Å². The van der Waals surface area contributed by atoms with Gasteiger partial charge in [0, 0.05) is 6.07 Å². The Balaban J connectivity index is 0. The first-order valence-electron chi connectivity index (χ1n) is 2.15. The van der Waals surface area contributed by atoms with Crippen LogP contribution in [-0.2, 0) is 0 Å². The molecule has 1 heterocycles. The maximum atomic E-state index is 9.59. The average Bonchev–Trinajstić information content (AvgIpc) is 2.15. The largest absolute Gasteiger partial charge is 1.00 e. The van der Waals surface area contributed by atoms with Gasteiger partial charge in [-0.3, -0.25) is 0 Å². The number of hydrogen-bond donors (Lipinski definition) is 0. The predicted molar refractivity (Wildman–Crippen MR) is 28.3 cm³/mol. The van der Waals surface area contributed by atoms with Gasteiger partial charge in [-0.25, -0.2) is 4.84 Å². The number of furan rings is 1. The first-order valence-corrected chi connectivity index (χ1v) is 2.15. The van der Waals surface area contributed by atoms with E-state index in [-0.39, 0.29) is 41.0 Å². The second kappa shape index (κ2) is 6.17. The molecular weight excluding hydrogens is 165 g/mol. The van der Waals surface area contributed by atoms with Crippen LogP contribution in [0, 0.1) is 10.1 Å². The fraction of sp³-hybridized carbons (Fsp3) is 0. The molecule has 0 aliphatic heterocycles. The summed E-state index contributed by atoms with van der Waals surface area (Å²) in [6.07, 6.45) is 1.29. The van der Waals surface area contributed by atoms with E-state index in [2.05, 4.69) is 9.25 Å². The third-order valence-corrected chi connectivity index (χ3v) is 0.660. The van der Waals surface area contributed by atoms with E-state index in [9.17, 15) is 10.1 Å². The Bertz CT molecular complexity index is 198. The van der Waals surface area contributed by atoms with Crippen LogP contribution in [0.15, 0.2) is 22.8 Å². The van der Waals surface area contributed by atoms with Gasteiger partial charge in [-0.15, -0.1) is 10.1 Å². The molecule has 1 rings (SSSR count). The summed E-state index contributed by atoms with van der Waals surface area (Å²) in [5, 5.41) is 8.66. The van der Waals surface area contributed by atoms with Gasteiger partial charge in [-0.1, -0.05) is 0 Å². The minimum atomic E-state index is -0.932. The Morgan fingerprint density at radius 2 is 2.27 bits per heavy atom. The quantitative estimate of drug-likeness (QED) is 0.281. The summed E-state index contributed by atoms with van der Waals surface area (Å²) < 4.78 is 4.48.